The highest BCUT2D eigenvalue weighted by atomic mass is 16.5. The summed E-state index contributed by atoms with van der Waals surface area (Å²) in [4.78, 5) is 18.0. The summed E-state index contributed by atoms with van der Waals surface area (Å²) in [5.74, 6) is 1.97. The van der Waals surface area contributed by atoms with Crippen molar-refractivity contribution in [1.82, 2.24) is 9.38 Å². The summed E-state index contributed by atoms with van der Waals surface area (Å²) in [5, 5.41) is 3.02. The molecule has 0 aliphatic rings. The number of ether oxygens (including phenoxy) is 3. The summed E-state index contributed by atoms with van der Waals surface area (Å²) >= 11 is 0. The van der Waals surface area contributed by atoms with Gasteiger partial charge in [0.05, 0.1) is 21.3 Å². The van der Waals surface area contributed by atoms with E-state index in [1.54, 1.807) is 39.5 Å². The number of methoxy groups -OCH3 is 3. The molecule has 1 N–H and O–H groups in total. The minimum Gasteiger partial charge on any atom is -0.497 e. The van der Waals surface area contributed by atoms with Gasteiger partial charge in [-0.15, -0.1) is 0 Å². The molecule has 4 rings (SSSR count). The number of imidazole rings is 1. The van der Waals surface area contributed by atoms with Gasteiger partial charge in [0.25, 0.3) is 5.91 Å². The molecule has 2 aromatic carbocycles. The molecule has 31 heavy (non-hydrogen) atoms. The largest absolute Gasteiger partial charge is 0.497 e. The highest BCUT2D eigenvalue weighted by Crippen LogP contribution is 2.35. The molecule has 0 spiro atoms. The van der Waals surface area contributed by atoms with Gasteiger partial charge in [0.1, 0.15) is 34.4 Å². The van der Waals surface area contributed by atoms with Crippen molar-refractivity contribution in [3.05, 3.63) is 71.9 Å². The number of aromatic nitrogens is 2. The molecule has 158 valence electrons. The van der Waals surface area contributed by atoms with Gasteiger partial charge in [-0.05, 0) is 48.9 Å². The monoisotopic (exact) mass is 417 g/mol. The molecule has 7 heteroatoms. The summed E-state index contributed by atoms with van der Waals surface area (Å²) in [6, 6.07) is 16.5. The first-order chi connectivity index (χ1) is 15.0. The van der Waals surface area contributed by atoms with Crippen LogP contribution < -0.4 is 19.5 Å². The van der Waals surface area contributed by atoms with Gasteiger partial charge < -0.3 is 19.5 Å². The average Bonchev–Trinajstić information content (AvgIpc) is 3.15. The van der Waals surface area contributed by atoms with E-state index < -0.39 is 0 Å². The van der Waals surface area contributed by atoms with E-state index in [1.807, 2.05) is 53.9 Å². The Morgan fingerprint density at radius 3 is 2.32 bits per heavy atom. The number of para-hydroxylation sites is 1. The predicted octanol–water partition coefficient (Wildman–Crippen LogP) is 4.59. The normalized spacial score (nSPS) is 10.7. The molecule has 4 aromatic rings. The van der Waals surface area contributed by atoms with E-state index in [2.05, 4.69) is 5.32 Å². The van der Waals surface area contributed by atoms with Crippen LogP contribution in [0.1, 0.15) is 15.9 Å². The van der Waals surface area contributed by atoms with Crippen molar-refractivity contribution in [2.24, 2.45) is 0 Å². The Bertz CT molecular complexity index is 1240. The Labute approximate surface area is 180 Å². The molecule has 1 amide bonds. The third kappa shape index (κ3) is 3.90. The van der Waals surface area contributed by atoms with Crippen LogP contribution in [0.15, 0.2) is 60.8 Å². The zero-order valence-electron chi connectivity index (χ0n) is 17.8. The summed E-state index contributed by atoms with van der Waals surface area (Å²) in [6.45, 7) is 2.00. The van der Waals surface area contributed by atoms with E-state index in [1.165, 1.54) is 0 Å². The van der Waals surface area contributed by atoms with Gasteiger partial charge in [-0.2, -0.15) is 0 Å². The molecule has 0 atom stereocenters. The van der Waals surface area contributed by atoms with E-state index in [9.17, 15) is 4.79 Å². The topological polar surface area (TPSA) is 74.1 Å². The number of fused-ring (bicyclic) bond motifs is 1. The molecule has 0 saturated heterocycles. The molecular weight excluding hydrogens is 394 g/mol. The van der Waals surface area contributed by atoms with Gasteiger partial charge in [-0.1, -0.05) is 12.1 Å². The number of nitrogens with zero attached hydrogens (tertiary/aromatic N) is 2. The number of rotatable bonds is 6. The smallest absolute Gasteiger partial charge is 0.257 e. The minimum atomic E-state index is -0.310. The van der Waals surface area contributed by atoms with E-state index in [-0.39, 0.29) is 5.91 Å². The Morgan fingerprint density at radius 2 is 1.65 bits per heavy atom. The van der Waals surface area contributed by atoms with Gasteiger partial charge in [-0.3, -0.25) is 9.20 Å². The molecule has 0 saturated carbocycles. The number of hydrogen-bond donors (Lipinski definition) is 1. The molecule has 0 aliphatic heterocycles. The van der Waals surface area contributed by atoms with Crippen molar-refractivity contribution in [1.29, 1.82) is 0 Å². The van der Waals surface area contributed by atoms with Crippen molar-refractivity contribution < 1.29 is 19.0 Å². The van der Waals surface area contributed by atoms with Crippen LogP contribution in [0.5, 0.6) is 17.2 Å². The van der Waals surface area contributed by atoms with Gasteiger partial charge in [0.15, 0.2) is 0 Å². The van der Waals surface area contributed by atoms with Crippen LogP contribution in [-0.4, -0.2) is 36.6 Å². The van der Waals surface area contributed by atoms with E-state index in [0.29, 0.717) is 34.3 Å². The van der Waals surface area contributed by atoms with Crippen LogP contribution in [0.4, 0.5) is 5.82 Å². The number of pyridine rings is 1. The first-order valence-electron chi connectivity index (χ1n) is 9.70. The third-order valence-electron chi connectivity index (χ3n) is 4.99. The Kier molecular flexibility index (Phi) is 5.49. The molecule has 0 bridgehead atoms. The van der Waals surface area contributed by atoms with Crippen LogP contribution in [-0.2, 0) is 0 Å². The lowest BCUT2D eigenvalue weighted by molar-refractivity contribution is 0.102. The van der Waals surface area contributed by atoms with Crippen molar-refractivity contribution >= 4 is 17.4 Å². The van der Waals surface area contributed by atoms with Crippen LogP contribution >= 0.6 is 0 Å². The van der Waals surface area contributed by atoms with E-state index in [4.69, 9.17) is 19.2 Å². The van der Waals surface area contributed by atoms with Crippen LogP contribution in [0.25, 0.3) is 16.9 Å². The first-order valence-corrected chi connectivity index (χ1v) is 9.70. The maximum atomic E-state index is 13.2. The van der Waals surface area contributed by atoms with Gasteiger partial charge >= 0.3 is 0 Å². The molecule has 0 aliphatic carbocycles. The molecular formula is C24H23N3O4. The zero-order valence-corrected chi connectivity index (χ0v) is 17.8. The number of carbonyl (C=O) groups is 1. The predicted molar refractivity (Wildman–Crippen MR) is 119 cm³/mol. The zero-order chi connectivity index (χ0) is 22.0. The minimum absolute atomic E-state index is 0.310. The van der Waals surface area contributed by atoms with Crippen molar-refractivity contribution in [3.63, 3.8) is 0 Å². The first kappa shape index (κ1) is 20.3. The van der Waals surface area contributed by atoms with Crippen LogP contribution in [0.3, 0.4) is 0 Å². The van der Waals surface area contributed by atoms with Crippen LogP contribution in [0.2, 0.25) is 0 Å². The van der Waals surface area contributed by atoms with Crippen molar-refractivity contribution in [3.8, 4) is 28.5 Å². The molecule has 0 radical (unpaired) electrons. The highest BCUT2D eigenvalue weighted by molar-refractivity contribution is 6.06. The summed E-state index contributed by atoms with van der Waals surface area (Å²) in [6.07, 6.45) is 1.89. The second kappa shape index (κ2) is 8.39. The quantitative estimate of drug-likeness (QED) is 0.497. The highest BCUT2D eigenvalue weighted by Gasteiger charge is 2.20. The van der Waals surface area contributed by atoms with Crippen molar-refractivity contribution in [2.45, 2.75) is 6.92 Å². The fraction of sp³-hybridized carbons (Fsp3) is 0.167. The molecule has 7 nitrogen and oxygen atoms in total. The van der Waals surface area contributed by atoms with E-state index in [0.717, 1.165) is 16.8 Å². The summed E-state index contributed by atoms with van der Waals surface area (Å²) < 4.78 is 18.0. The molecule has 0 fully saturated rings. The van der Waals surface area contributed by atoms with Gasteiger partial charge in [-0.25, -0.2) is 4.98 Å². The SMILES string of the molecule is COc1cc(OC)cc(C(=O)Nc2c(-c3ccccc3OC)nc3cc(C)ccn23)c1. The number of aryl methyl sites for hydroxylation is 1. The number of benzene rings is 2. The Morgan fingerprint density at radius 1 is 0.935 bits per heavy atom. The summed E-state index contributed by atoms with van der Waals surface area (Å²) in [5.41, 5.74) is 3.60. The number of hydrogen-bond acceptors (Lipinski definition) is 5. The second-order valence-corrected chi connectivity index (χ2v) is 7.00. The van der Waals surface area contributed by atoms with Gasteiger partial charge in [0.2, 0.25) is 0 Å². The molecule has 2 aromatic heterocycles. The Balaban J connectivity index is 1.84. The van der Waals surface area contributed by atoms with Gasteiger partial charge in [0, 0.05) is 23.4 Å². The standard InChI is InChI=1S/C24H23N3O4/c1-15-9-10-27-21(11-15)25-22(19-7-5-6-8-20(19)31-4)23(27)26-24(28)16-12-17(29-2)14-18(13-16)30-3/h5-14H,1-4H3,(H,26,28). The number of nitrogens with one attached hydrogen (secondary N) is 1. The maximum absolute atomic E-state index is 13.2. The molecule has 2 heterocycles. The Hall–Kier alpha value is -4.00. The lowest BCUT2D eigenvalue weighted by atomic mass is 10.1. The molecule has 0 unspecified atom stereocenters. The lowest BCUT2D eigenvalue weighted by Gasteiger charge is -2.12. The number of amides is 1. The average molecular weight is 417 g/mol. The summed E-state index contributed by atoms with van der Waals surface area (Å²) in [7, 11) is 4.70. The number of anilines is 1. The fourth-order valence-corrected chi connectivity index (χ4v) is 3.41. The van der Waals surface area contributed by atoms with Crippen LogP contribution in [0, 0.1) is 6.92 Å². The number of carbonyl (C=O) groups excluding carboxylic acids is 1. The third-order valence-corrected chi connectivity index (χ3v) is 4.99. The van der Waals surface area contributed by atoms with Crippen molar-refractivity contribution in [2.75, 3.05) is 26.6 Å². The second-order valence-electron chi connectivity index (χ2n) is 7.00. The maximum Gasteiger partial charge on any atom is 0.257 e. The fourth-order valence-electron chi connectivity index (χ4n) is 3.41. The van der Waals surface area contributed by atoms with E-state index >= 15 is 0 Å². The lowest BCUT2D eigenvalue weighted by Crippen LogP contribution is -2.14.